The number of hydrogen-bond acceptors (Lipinski definition) is 1. The van der Waals surface area contributed by atoms with Crippen molar-refractivity contribution >= 4 is 15.9 Å². The molecule has 1 rings (SSSR count). The fraction of sp³-hybridized carbons (Fsp3) is 0.538. The number of rotatable bonds is 4. The van der Waals surface area contributed by atoms with Crippen LogP contribution in [0.1, 0.15) is 25.0 Å². The molecule has 0 N–H and O–H groups in total. The van der Waals surface area contributed by atoms with E-state index in [0.717, 1.165) is 17.5 Å². The minimum atomic E-state index is 0.292. The van der Waals surface area contributed by atoms with Crippen LogP contribution in [0, 0.1) is 12.3 Å². The highest BCUT2D eigenvalue weighted by Gasteiger charge is 2.17. The average Bonchev–Trinajstić information content (AvgIpc) is 2.20. The van der Waals surface area contributed by atoms with E-state index in [2.05, 4.69) is 54.9 Å². The molecule has 0 amide bonds. The Morgan fingerprint density at radius 2 is 2.00 bits per heavy atom. The maximum Gasteiger partial charge on any atom is 0.122 e. The predicted octanol–water partition coefficient (Wildman–Crippen LogP) is 3.97. The van der Waals surface area contributed by atoms with Crippen LogP contribution in [-0.4, -0.2) is 12.4 Å². The van der Waals surface area contributed by atoms with Gasteiger partial charge in [-0.2, -0.15) is 0 Å². The van der Waals surface area contributed by atoms with E-state index in [-0.39, 0.29) is 0 Å². The highest BCUT2D eigenvalue weighted by Crippen LogP contribution is 2.27. The van der Waals surface area contributed by atoms with Crippen molar-refractivity contribution in [1.82, 2.24) is 0 Å². The lowest BCUT2D eigenvalue weighted by atomic mass is 9.88. The molecule has 0 aliphatic carbocycles. The molecule has 1 aromatic rings. The minimum Gasteiger partial charge on any atom is -0.496 e. The molecule has 0 saturated carbocycles. The van der Waals surface area contributed by atoms with Gasteiger partial charge in [0.25, 0.3) is 0 Å². The molecule has 0 bridgehead atoms. The molecule has 15 heavy (non-hydrogen) atoms. The Kier molecular flexibility index (Phi) is 4.21. The maximum absolute atomic E-state index is 5.32. The molecule has 0 radical (unpaired) electrons. The molecule has 0 aromatic heterocycles. The second-order valence-corrected chi connectivity index (χ2v) is 5.34. The number of methoxy groups -OCH3 is 1. The molecule has 0 saturated heterocycles. The lowest BCUT2D eigenvalue weighted by Gasteiger charge is -2.22. The summed E-state index contributed by atoms with van der Waals surface area (Å²) in [5, 5.41) is 1.01. The Morgan fingerprint density at radius 1 is 1.33 bits per heavy atom. The summed E-state index contributed by atoms with van der Waals surface area (Å²) >= 11 is 3.55. The third kappa shape index (κ3) is 3.53. The van der Waals surface area contributed by atoms with Crippen LogP contribution < -0.4 is 4.74 Å². The SMILES string of the molecule is COc1cc(CC(C)(C)CBr)ccc1C. The number of halogens is 1. The topological polar surface area (TPSA) is 9.23 Å². The van der Waals surface area contributed by atoms with E-state index in [1.807, 2.05) is 0 Å². The molecule has 0 aliphatic heterocycles. The molecule has 0 spiro atoms. The van der Waals surface area contributed by atoms with Gasteiger partial charge in [-0.1, -0.05) is 41.9 Å². The number of ether oxygens (including phenoxy) is 1. The Bertz CT molecular complexity index is 331. The van der Waals surface area contributed by atoms with Crippen molar-refractivity contribution < 1.29 is 4.74 Å². The van der Waals surface area contributed by atoms with Crippen LogP contribution in [0.15, 0.2) is 18.2 Å². The van der Waals surface area contributed by atoms with Gasteiger partial charge in [0.2, 0.25) is 0 Å². The van der Waals surface area contributed by atoms with E-state index in [1.165, 1.54) is 11.1 Å². The fourth-order valence-corrected chi connectivity index (χ4v) is 1.77. The zero-order valence-corrected chi connectivity index (χ0v) is 11.5. The first-order valence-electron chi connectivity index (χ1n) is 5.18. The smallest absolute Gasteiger partial charge is 0.122 e. The van der Waals surface area contributed by atoms with Crippen LogP contribution in [0.4, 0.5) is 0 Å². The first kappa shape index (κ1) is 12.6. The quantitative estimate of drug-likeness (QED) is 0.753. The van der Waals surface area contributed by atoms with Gasteiger partial charge >= 0.3 is 0 Å². The molecular formula is C13H19BrO. The summed E-state index contributed by atoms with van der Waals surface area (Å²) in [4.78, 5) is 0. The number of aryl methyl sites for hydroxylation is 1. The van der Waals surface area contributed by atoms with Gasteiger partial charge in [0.05, 0.1) is 7.11 Å². The summed E-state index contributed by atoms with van der Waals surface area (Å²) < 4.78 is 5.32. The molecule has 0 heterocycles. The van der Waals surface area contributed by atoms with Gasteiger partial charge in [0, 0.05) is 5.33 Å². The molecule has 0 unspecified atom stereocenters. The van der Waals surface area contributed by atoms with Gasteiger partial charge < -0.3 is 4.74 Å². The van der Waals surface area contributed by atoms with Crippen molar-refractivity contribution in [3.05, 3.63) is 29.3 Å². The number of benzene rings is 1. The summed E-state index contributed by atoms with van der Waals surface area (Å²) in [6.45, 7) is 6.58. The molecule has 1 aromatic carbocycles. The standard InChI is InChI=1S/C13H19BrO/c1-10-5-6-11(7-12(10)15-4)8-13(2,3)9-14/h5-7H,8-9H2,1-4H3. The van der Waals surface area contributed by atoms with Crippen molar-refractivity contribution in [1.29, 1.82) is 0 Å². The lowest BCUT2D eigenvalue weighted by molar-refractivity contribution is 0.405. The van der Waals surface area contributed by atoms with Crippen molar-refractivity contribution in [3.8, 4) is 5.75 Å². The predicted molar refractivity (Wildman–Crippen MR) is 69.0 cm³/mol. The average molecular weight is 271 g/mol. The molecule has 2 heteroatoms. The van der Waals surface area contributed by atoms with E-state index in [9.17, 15) is 0 Å². The first-order chi connectivity index (χ1) is 6.98. The summed E-state index contributed by atoms with van der Waals surface area (Å²) in [6, 6.07) is 6.44. The van der Waals surface area contributed by atoms with E-state index in [0.29, 0.717) is 5.41 Å². The highest BCUT2D eigenvalue weighted by atomic mass is 79.9. The summed E-state index contributed by atoms with van der Waals surface area (Å²) in [6.07, 6.45) is 1.06. The summed E-state index contributed by atoms with van der Waals surface area (Å²) in [7, 11) is 1.72. The molecule has 0 atom stereocenters. The third-order valence-electron chi connectivity index (χ3n) is 2.52. The summed E-state index contributed by atoms with van der Waals surface area (Å²) in [5.74, 6) is 0.984. The van der Waals surface area contributed by atoms with Gasteiger partial charge in [0.1, 0.15) is 5.75 Å². The second kappa shape index (κ2) is 5.02. The van der Waals surface area contributed by atoms with E-state index >= 15 is 0 Å². The van der Waals surface area contributed by atoms with Crippen LogP contribution in [0.3, 0.4) is 0 Å². The van der Waals surface area contributed by atoms with Crippen molar-refractivity contribution in [2.45, 2.75) is 27.2 Å². The van der Waals surface area contributed by atoms with E-state index < -0.39 is 0 Å². The lowest BCUT2D eigenvalue weighted by Crippen LogP contribution is -2.16. The van der Waals surface area contributed by atoms with Crippen LogP contribution >= 0.6 is 15.9 Å². The molecule has 0 fully saturated rings. The Labute approximate surface area is 101 Å². The van der Waals surface area contributed by atoms with Crippen molar-refractivity contribution in [2.75, 3.05) is 12.4 Å². The molecule has 1 nitrogen and oxygen atoms in total. The van der Waals surface area contributed by atoms with Crippen LogP contribution in [0.2, 0.25) is 0 Å². The number of alkyl halides is 1. The van der Waals surface area contributed by atoms with Gasteiger partial charge in [0.15, 0.2) is 0 Å². The Hall–Kier alpha value is -0.500. The maximum atomic E-state index is 5.32. The Morgan fingerprint density at radius 3 is 2.53 bits per heavy atom. The van der Waals surface area contributed by atoms with Gasteiger partial charge in [-0.15, -0.1) is 0 Å². The fourth-order valence-electron chi connectivity index (χ4n) is 1.57. The zero-order chi connectivity index (χ0) is 11.5. The monoisotopic (exact) mass is 270 g/mol. The minimum absolute atomic E-state index is 0.292. The normalized spacial score (nSPS) is 11.5. The largest absolute Gasteiger partial charge is 0.496 e. The van der Waals surface area contributed by atoms with Crippen molar-refractivity contribution in [3.63, 3.8) is 0 Å². The number of hydrogen-bond donors (Lipinski definition) is 0. The van der Waals surface area contributed by atoms with E-state index in [4.69, 9.17) is 4.74 Å². The zero-order valence-electron chi connectivity index (χ0n) is 9.93. The first-order valence-corrected chi connectivity index (χ1v) is 6.30. The summed E-state index contributed by atoms with van der Waals surface area (Å²) in [5.41, 5.74) is 2.82. The Balaban J connectivity index is 2.87. The highest BCUT2D eigenvalue weighted by molar-refractivity contribution is 9.09. The van der Waals surface area contributed by atoms with Gasteiger partial charge in [-0.25, -0.2) is 0 Å². The molecular weight excluding hydrogens is 252 g/mol. The van der Waals surface area contributed by atoms with Gasteiger partial charge in [-0.3, -0.25) is 0 Å². The van der Waals surface area contributed by atoms with Crippen LogP contribution in [-0.2, 0) is 6.42 Å². The van der Waals surface area contributed by atoms with Gasteiger partial charge in [-0.05, 0) is 36.0 Å². The molecule has 0 aliphatic rings. The van der Waals surface area contributed by atoms with Crippen molar-refractivity contribution in [2.24, 2.45) is 5.41 Å². The van der Waals surface area contributed by atoms with Crippen LogP contribution in [0.5, 0.6) is 5.75 Å². The van der Waals surface area contributed by atoms with E-state index in [1.54, 1.807) is 7.11 Å². The van der Waals surface area contributed by atoms with Crippen LogP contribution in [0.25, 0.3) is 0 Å². The second-order valence-electron chi connectivity index (χ2n) is 4.78. The third-order valence-corrected chi connectivity index (χ3v) is 4.03. The molecule has 84 valence electrons.